The molecule has 80 valence electrons. The lowest BCUT2D eigenvalue weighted by molar-refractivity contribution is -0.115. The summed E-state index contributed by atoms with van der Waals surface area (Å²) in [5, 5.41) is 2.05. The largest absolute Gasteiger partial charge is 0.344 e. The maximum absolute atomic E-state index is 11.5. The van der Waals surface area contributed by atoms with E-state index in [-0.39, 0.29) is 0 Å². The van der Waals surface area contributed by atoms with E-state index in [4.69, 9.17) is 0 Å². The predicted octanol–water partition coefficient (Wildman–Crippen LogP) is 2.54. The predicted molar refractivity (Wildman–Crippen MR) is 65.5 cm³/mol. The van der Waals surface area contributed by atoms with E-state index in [0.29, 0.717) is 12.2 Å². The summed E-state index contributed by atoms with van der Waals surface area (Å²) >= 11 is 4.39. The monoisotopic (exact) mass is 222 g/mol. The lowest BCUT2D eigenvalue weighted by Crippen LogP contribution is -2.21. The average Bonchev–Trinajstić information content (AvgIpc) is 2.18. The van der Waals surface area contributed by atoms with Gasteiger partial charge in [-0.1, -0.05) is 18.7 Å². The number of thiocarbonyl (C=S) groups is 1. The number of carbonyl (C=O) groups is 1. The molecular formula is C11H14N2OS. The highest BCUT2D eigenvalue weighted by Gasteiger charge is 2.12. The molecule has 0 fully saturated rings. The van der Waals surface area contributed by atoms with Gasteiger partial charge in [0.2, 0.25) is 0 Å². The van der Waals surface area contributed by atoms with Crippen molar-refractivity contribution in [3.05, 3.63) is 36.7 Å². The van der Waals surface area contributed by atoms with Crippen molar-refractivity contribution in [1.82, 2.24) is 4.90 Å². The van der Waals surface area contributed by atoms with Gasteiger partial charge in [-0.3, -0.25) is 4.79 Å². The Morgan fingerprint density at radius 1 is 1.67 bits per heavy atom. The van der Waals surface area contributed by atoms with Crippen molar-refractivity contribution in [3.8, 4) is 0 Å². The van der Waals surface area contributed by atoms with E-state index in [1.165, 1.54) is 0 Å². The molecule has 0 heterocycles. The molecule has 0 atom stereocenters. The SMILES string of the molecule is C=CN(CC)/C(=C\C(=C)C)C(=O)N=C=S. The number of amides is 1. The summed E-state index contributed by atoms with van der Waals surface area (Å²) in [4.78, 5) is 16.6. The van der Waals surface area contributed by atoms with Crippen LogP contribution < -0.4 is 0 Å². The van der Waals surface area contributed by atoms with Gasteiger partial charge in [0.05, 0.1) is 5.16 Å². The standard InChI is InChI=1S/C11H14N2OS/c1-5-13(6-2)10(7-9(3)4)11(14)12-8-15/h5,7H,1,3,6H2,2,4H3/b10-7-. The first-order valence-electron chi connectivity index (χ1n) is 4.45. The molecule has 15 heavy (non-hydrogen) atoms. The van der Waals surface area contributed by atoms with E-state index in [1.807, 2.05) is 6.92 Å². The number of likely N-dealkylation sites (N-methyl/N-ethyl adjacent to an activating group) is 1. The molecule has 0 spiro atoms. The number of carbonyl (C=O) groups excluding carboxylic acids is 1. The molecule has 0 aliphatic carbocycles. The zero-order valence-electron chi connectivity index (χ0n) is 8.99. The molecule has 0 aromatic carbocycles. The molecule has 0 radical (unpaired) electrons. The van der Waals surface area contributed by atoms with Crippen LogP contribution in [0.15, 0.2) is 41.7 Å². The minimum atomic E-state index is -0.435. The maximum Gasteiger partial charge on any atom is 0.302 e. The Morgan fingerprint density at radius 3 is 2.60 bits per heavy atom. The van der Waals surface area contributed by atoms with Crippen LogP contribution in [0.25, 0.3) is 0 Å². The fourth-order valence-electron chi connectivity index (χ4n) is 0.997. The molecule has 0 aliphatic rings. The minimum Gasteiger partial charge on any atom is -0.344 e. The molecule has 0 aliphatic heterocycles. The lowest BCUT2D eigenvalue weighted by atomic mass is 10.2. The molecule has 0 saturated heterocycles. The van der Waals surface area contributed by atoms with Crippen molar-refractivity contribution < 1.29 is 4.79 Å². The minimum absolute atomic E-state index is 0.400. The molecule has 0 rings (SSSR count). The third kappa shape index (κ3) is 4.49. The normalized spacial score (nSPS) is 10.1. The van der Waals surface area contributed by atoms with Gasteiger partial charge in [0.15, 0.2) is 0 Å². The van der Waals surface area contributed by atoms with Crippen molar-refractivity contribution in [1.29, 1.82) is 0 Å². The Hall–Kier alpha value is -1.51. The molecule has 3 nitrogen and oxygen atoms in total. The zero-order chi connectivity index (χ0) is 11.8. The quantitative estimate of drug-likeness (QED) is 0.310. The second-order valence-corrected chi connectivity index (χ2v) is 3.04. The van der Waals surface area contributed by atoms with Crippen molar-refractivity contribution in [2.75, 3.05) is 6.54 Å². The molecular weight excluding hydrogens is 208 g/mol. The van der Waals surface area contributed by atoms with Crippen LogP contribution >= 0.6 is 12.2 Å². The van der Waals surface area contributed by atoms with E-state index >= 15 is 0 Å². The van der Waals surface area contributed by atoms with Crippen LogP contribution in [-0.4, -0.2) is 22.5 Å². The maximum atomic E-state index is 11.5. The van der Waals surface area contributed by atoms with Crippen molar-refractivity contribution in [3.63, 3.8) is 0 Å². The summed E-state index contributed by atoms with van der Waals surface area (Å²) in [5.41, 5.74) is 1.16. The first-order chi connectivity index (χ1) is 7.06. The van der Waals surface area contributed by atoms with E-state index in [1.54, 1.807) is 24.1 Å². The Bertz CT molecular complexity index is 352. The van der Waals surface area contributed by atoms with Crippen LogP contribution in [0.4, 0.5) is 0 Å². The highest BCUT2D eigenvalue weighted by Crippen LogP contribution is 2.09. The van der Waals surface area contributed by atoms with Crippen LogP contribution in [0.5, 0.6) is 0 Å². The van der Waals surface area contributed by atoms with E-state index < -0.39 is 5.91 Å². The molecule has 0 aromatic heterocycles. The van der Waals surface area contributed by atoms with E-state index in [9.17, 15) is 4.79 Å². The lowest BCUT2D eigenvalue weighted by Gasteiger charge is -2.18. The van der Waals surface area contributed by atoms with Gasteiger partial charge in [0.1, 0.15) is 5.70 Å². The highest BCUT2D eigenvalue weighted by molar-refractivity contribution is 7.78. The fourth-order valence-corrected chi connectivity index (χ4v) is 1.08. The summed E-state index contributed by atoms with van der Waals surface area (Å²) < 4.78 is 0. The summed E-state index contributed by atoms with van der Waals surface area (Å²) in [6, 6.07) is 0. The van der Waals surface area contributed by atoms with Crippen molar-refractivity contribution in [2.45, 2.75) is 13.8 Å². The topological polar surface area (TPSA) is 32.7 Å². The highest BCUT2D eigenvalue weighted by atomic mass is 32.1. The Morgan fingerprint density at radius 2 is 2.27 bits per heavy atom. The second kappa shape index (κ2) is 6.87. The van der Waals surface area contributed by atoms with Crippen molar-refractivity contribution in [2.24, 2.45) is 4.99 Å². The number of rotatable bonds is 5. The van der Waals surface area contributed by atoms with E-state index in [0.717, 1.165) is 5.57 Å². The Labute approximate surface area is 95.5 Å². The molecule has 0 aromatic rings. The van der Waals surface area contributed by atoms with E-state index in [2.05, 4.69) is 35.5 Å². The average molecular weight is 222 g/mol. The number of allylic oxidation sites excluding steroid dienone is 2. The van der Waals surface area contributed by atoms with Gasteiger partial charge in [0, 0.05) is 6.54 Å². The smallest absolute Gasteiger partial charge is 0.302 e. The summed E-state index contributed by atoms with van der Waals surface area (Å²) in [6.45, 7) is 11.7. The second-order valence-electron chi connectivity index (χ2n) is 2.85. The van der Waals surface area contributed by atoms with Crippen LogP contribution in [0, 0.1) is 0 Å². The number of aliphatic imine (C=N–C) groups is 1. The summed E-state index contributed by atoms with van der Waals surface area (Å²) in [7, 11) is 0. The first kappa shape index (κ1) is 13.5. The molecule has 0 N–H and O–H groups in total. The Kier molecular flexibility index (Phi) is 6.18. The summed E-state index contributed by atoms with van der Waals surface area (Å²) in [5.74, 6) is -0.435. The number of hydrogen-bond acceptors (Lipinski definition) is 3. The molecule has 0 unspecified atom stereocenters. The molecule has 4 heteroatoms. The molecule has 0 saturated carbocycles. The number of hydrogen-bond donors (Lipinski definition) is 0. The van der Waals surface area contributed by atoms with Crippen LogP contribution in [0.3, 0.4) is 0 Å². The van der Waals surface area contributed by atoms with Gasteiger partial charge < -0.3 is 4.90 Å². The van der Waals surface area contributed by atoms with Crippen LogP contribution in [0.2, 0.25) is 0 Å². The molecule has 1 amide bonds. The van der Waals surface area contributed by atoms with Crippen LogP contribution in [-0.2, 0) is 4.79 Å². The number of isothiocyanates is 1. The summed E-state index contributed by atoms with van der Waals surface area (Å²) in [6.07, 6.45) is 3.20. The van der Waals surface area contributed by atoms with Gasteiger partial charge in [-0.15, -0.1) is 0 Å². The van der Waals surface area contributed by atoms with Gasteiger partial charge in [-0.25, -0.2) is 0 Å². The van der Waals surface area contributed by atoms with Gasteiger partial charge in [-0.05, 0) is 38.3 Å². The number of nitrogens with zero attached hydrogens (tertiary/aromatic N) is 2. The van der Waals surface area contributed by atoms with Gasteiger partial charge in [0.25, 0.3) is 0 Å². The third-order valence-electron chi connectivity index (χ3n) is 1.62. The Balaban J connectivity index is 5.21. The first-order valence-corrected chi connectivity index (χ1v) is 4.86. The van der Waals surface area contributed by atoms with Gasteiger partial charge in [-0.2, -0.15) is 4.99 Å². The molecule has 0 bridgehead atoms. The van der Waals surface area contributed by atoms with Crippen LogP contribution in [0.1, 0.15) is 13.8 Å². The van der Waals surface area contributed by atoms with Crippen molar-refractivity contribution >= 4 is 23.3 Å². The van der Waals surface area contributed by atoms with Gasteiger partial charge >= 0.3 is 5.91 Å². The third-order valence-corrected chi connectivity index (χ3v) is 1.71. The fraction of sp³-hybridized carbons (Fsp3) is 0.273. The zero-order valence-corrected chi connectivity index (χ0v) is 9.80.